The number of anilines is 1. The van der Waals surface area contributed by atoms with Crippen LogP contribution < -0.4 is 4.90 Å². The molecule has 9 heteroatoms. The van der Waals surface area contributed by atoms with Crippen LogP contribution in [0.15, 0.2) is 24.3 Å². The zero-order valence-corrected chi connectivity index (χ0v) is 15.6. The van der Waals surface area contributed by atoms with Crippen LogP contribution in [0, 0.1) is 6.92 Å². The van der Waals surface area contributed by atoms with Crippen LogP contribution in [0.2, 0.25) is 5.02 Å². The van der Waals surface area contributed by atoms with E-state index in [1.165, 1.54) is 9.80 Å². The van der Waals surface area contributed by atoms with Crippen molar-refractivity contribution in [2.75, 3.05) is 24.5 Å². The summed E-state index contributed by atoms with van der Waals surface area (Å²) in [7, 11) is 0. The molecule has 1 aromatic heterocycles. The third-order valence-corrected chi connectivity index (χ3v) is 4.34. The summed E-state index contributed by atoms with van der Waals surface area (Å²) in [6, 6.07) is 7.28. The van der Waals surface area contributed by atoms with Gasteiger partial charge in [-0.05, 0) is 32.9 Å². The Morgan fingerprint density at radius 1 is 1.27 bits per heavy atom. The second kappa shape index (κ2) is 7.33. The zero-order chi connectivity index (χ0) is 18.8. The molecule has 2 amide bonds. The fourth-order valence-electron chi connectivity index (χ4n) is 2.75. The molecule has 0 spiro atoms. The number of hydrogen-bond donors (Lipinski definition) is 0. The van der Waals surface area contributed by atoms with Gasteiger partial charge in [0.15, 0.2) is 5.82 Å². The van der Waals surface area contributed by atoms with Gasteiger partial charge in [-0.2, -0.15) is 0 Å². The minimum Gasteiger partial charge on any atom is -0.447 e. The average Bonchev–Trinajstić information content (AvgIpc) is 2.96. The molecule has 0 aliphatic carbocycles. The molecular formula is C17H20ClN5O3. The molecule has 26 heavy (non-hydrogen) atoms. The number of benzene rings is 1. The molecule has 1 fully saturated rings. The van der Waals surface area contributed by atoms with E-state index in [0.717, 1.165) is 0 Å². The van der Waals surface area contributed by atoms with Crippen molar-refractivity contribution in [3.8, 4) is 5.69 Å². The van der Waals surface area contributed by atoms with E-state index in [4.69, 9.17) is 16.3 Å². The number of aromatic nitrogens is 3. The van der Waals surface area contributed by atoms with E-state index < -0.39 is 6.09 Å². The van der Waals surface area contributed by atoms with Crippen LogP contribution >= 0.6 is 11.6 Å². The molecule has 0 unspecified atom stereocenters. The molecule has 0 N–H and O–H groups in total. The maximum atomic E-state index is 12.5. The Hall–Kier alpha value is -2.61. The lowest BCUT2D eigenvalue weighted by Crippen LogP contribution is -2.53. The van der Waals surface area contributed by atoms with E-state index in [2.05, 4.69) is 10.3 Å². The molecule has 3 rings (SSSR count). The van der Waals surface area contributed by atoms with Crippen LogP contribution in [0.4, 0.5) is 10.6 Å². The Bertz CT molecular complexity index is 836. The monoisotopic (exact) mass is 377 g/mol. The number of halogens is 1. The predicted octanol–water partition coefficient (Wildman–Crippen LogP) is 2.42. The van der Waals surface area contributed by atoms with Crippen molar-refractivity contribution in [1.82, 2.24) is 19.9 Å². The van der Waals surface area contributed by atoms with Crippen molar-refractivity contribution in [2.24, 2.45) is 0 Å². The van der Waals surface area contributed by atoms with E-state index >= 15 is 0 Å². The fourth-order valence-corrected chi connectivity index (χ4v) is 2.97. The largest absolute Gasteiger partial charge is 0.447 e. The summed E-state index contributed by atoms with van der Waals surface area (Å²) < 4.78 is 6.75. The number of carbonyl (C=O) groups excluding carboxylic acids is 2. The minimum absolute atomic E-state index is 0.0516. The Kier molecular flexibility index (Phi) is 5.13. The van der Waals surface area contributed by atoms with Gasteiger partial charge in [0.1, 0.15) is 6.54 Å². The summed E-state index contributed by atoms with van der Waals surface area (Å²) >= 11 is 6.22. The van der Waals surface area contributed by atoms with E-state index in [1.807, 2.05) is 25.1 Å². The highest BCUT2D eigenvalue weighted by molar-refractivity contribution is 6.32. The lowest BCUT2D eigenvalue weighted by molar-refractivity contribution is -0.121. The van der Waals surface area contributed by atoms with Gasteiger partial charge in [-0.25, -0.2) is 9.48 Å². The van der Waals surface area contributed by atoms with E-state index in [-0.39, 0.29) is 18.6 Å². The van der Waals surface area contributed by atoms with E-state index in [9.17, 15) is 9.59 Å². The Morgan fingerprint density at radius 2 is 2.00 bits per heavy atom. The molecule has 1 aliphatic heterocycles. The van der Waals surface area contributed by atoms with Gasteiger partial charge in [-0.15, -0.1) is 5.10 Å². The molecule has 0 bridgehead atoms. The number of amides is 2. The number of nitrogens with zero attached hydrogens (tertiary/aromatic N) is 5. The molecule has 0 radical (unpaired) electrons. The third kappa shape index (κ3) is 3.50. The van der Waals surface area contributed by atoms with Crippen molar-refractivity contribution in [3.05, 3.63) is 35.0 Å². The highest BCUT2D eigenvalue weighted by Gasteiger charge is 2.32. The van der Waals surface area contributed by atoms with Gasteiger partial charge in [-0.3, -0.25) is 14.6 Å². The summed E-state index contributed by atoms with van der Waals surface area (Å²) in [5.41, 5.74) is 1.39. The first-order chi connectivity index (χ1) is 12.4. The van der Waals surface area contributed by atoms with Gasteiger partial charge >= 0.3 is 6.09 Å². The van der Waals surface area contributed by atoms with Gasteiger partial charge in [-0.1, -0.05) is 28.9 Å². The molecular weight excluding hydrogens is 358 g/mol. The third-order valence-electron chi connectivity index (χ3n) is 4.02. The van der Waals surface area contributed by atoms with Crippen molar-refractivity contribution in [3.63, 3.8) is 0 Å². The second-order valence-electron chi connectivity index (χ2n) is 6.26. The van der Waals surface area contributed by atoms with Crippen LogP contribution in [0.5, 0.6) is 0 Å². The van der Waals surface area contributed by atoms with Crippen LogP contribution in [0.3, 0.4) is 0 Å². The van der Waals surface area contributed by atoms with Gasteiger partial charge in [0.25, 0.3) is 0 Å². The highest BCUT2D eigenvalue weighted by Crippen LogP contribution is 2.25. The van der Waals surface area contributed by atoms with Crippen molar-refractivity contribution in [1.29, 1.82) is 0 Å². The fraction of sp³-hybridized carbons (Fsp3) is 0.412. The molecule has 138 valence electrons. The highest BCUT2D eigenvalue weighted by atomic mass is 35.5. The molecule has 2 aromatic rings. The van der Waals surface area contributed by atoms with Crippen LogP contribution in [0.1, 0.15) is 19.5 Å². The molecule has 0 atom stereocenters. The van der Waals surface area contributed by atoms with E-state index in [1.54, 1.807) is 24.6 Å². The smallest absolute Gasteiger partial charge is 0.410 e. The minimum atomic E-state index is -0.482. The van der Waals surface area contributed by atoms with Crippen LogP contribution in [-0.2, 0) is 9.53 Å². The Labute approximate surface area is 156 Å². The zero-order valence-electron chi connectivity index (χ0n) is 14.8. The van der Waals surface area contributed by atoms with Gasteiger partial charge in [0.2, 0.25) is 5.91 Å². The first kappa shape index (κ1) is 18.2. The second-order valence-corrected chi connectivity index (χ2v) is 6.67. The van der Waals surface area contributed by atoms with E-state index in [0.29, 0.717) is 35.3 Å². The van der Waals surface area contributed by atoms with Gasteiger partial charge in [0, 0.05) is 13.1 Å². The molecule has 8 nitrogen and oxygen atoms in total. The lowest BCUT2D eigenvalue weighted by Gasteiger charge is -2.33. The number of para-hydroxylation sites is 1. The number of ether oxygens (including phenoxy) is 1. The lowest BCUT2D eigenvalue weighted by atomic mass is 10.3. The number of carbonyl (C=O) groups is 2. The first-order valence-corrected chi connectivity index (χ1v) is 8.69. The number of hydrogen-bond acceptors (Lipinski definition) is 5. The maximum Gasteiger partial charge on any atom is 0.410 e. The summed E-state index contributed by atoms with van der Waals surface area (Å²) in [4.78, 5) is 27.4. The summed E-state index contributed by atoms with van der Waals surface area (Å²) in [5, 5.41) is 8.82. The summed E-state index contributed by atoms with van der Waals surface area (Å²) in [5.74, 6) is 0.234. The summed E-state index contributed by atoms with van der Waals surface area (Å²) in [6.45, 7) is 6.01. The molecule has 0 saturated carbocycles. The summed E-state index contributed by atoms with van der Waals surface area (Å²) in [6.07, 6.45) is -0.710. The van der Waals surface area contributed by atoms with Crippen molar-refractivity contribution < 1.29 is 14.3 Å². The first-order valence-electron chi connectivity index (χ1n) is 8.31. The normalized spacial score (nSPS) is 14.9. The van der Waals surface area contributed by atoms with Crippen LogP contribution in [0.25, 0.3) is 5.69 Å². The quantitative estimate of drug-likeness (QED) is 0.820. The maximum absolute atomic E-state index is 12.5. The molecule has 1 saturated heterocycles. The Morgan fingerprint density at radius 3 is 2.65 bits per heavy atom. The van der Waals surface area contributed by atoms with Crippen LogP contribution in [-0.4, -0.2) is 57.6 Å². The standard InChI is InChI=1S/C17H20ClN5O3/c1-11(2)26-17(25)21-8-9-22(15(24)10-21)16-12(3)23(20-19-16)14-7-5-4-6-13(14)18/h4-7,11H,8-10H2,1-3H3. The number of piperazine rings is 1. The molecule has 1 aliphatic rings. The van der Waals surface area contributed by atoms with Gasteiger partial charge in [0.05, 0.1) is 22.5 Å². The molecule has 1 aromatic carbocycles. The topological polar surface area (TPSA) is 80.6 Å². The average molecular weight is 378 g/mol. The van der Waals surface area contributed by atoms with Crippen molar-refractivity contribution in [2.45, 2.75) is 26.9 Å². The van der Waals surface area contributed by atoms with Crippen molar-refractivity contribution >= 4 is 29.4 Å². The molecule has 2 heterocycles. The van der Waals surface area contributed by atoms with Gasteiger partial charge < -0.3 is 4.74 Å². The Balaban J connectivity index is 1.78. The predicted molar refractivity (Wildman–Crippen MR) is 96.6 cm³/mol. The number of rotatable bonds is 3. The SMILES string of the molecule is Cc1c(N2CCN(C(=O)OC(C)C)CC2=O)nnn1-c1ccccc1Cl.